The van der Waals surface area contributed by atoms with Crippen LogP contribution in [0.15, 0.2) is 18.2 Å². The summed E-state index contributed by atoms with van der Waals surface area (Å²) in [5.41, 5.74) is 6.68. The van der Waals surface area contributed by atoms with Gasteiger partial charge in [-0.15, -0.1) is 0 Å². The first-order valence-electron chi connectivity index (χ1n) is 4.95. The van der Waals surface area contributed by atoms with Gasteiger partial charge in [-0.1, -0.05) is 11.6 Å². The Morgan fingerprint density at radius 1 is 1.50 bits per heavy atom. The lowest BCUT2D eigenvalue weighted by atomic mass is 10.1. The van der Waals surface area contributed by atoms with Crippen LogP contribution >= 0.6 is 11.6 Å². The zero-order valence-corrected chi connectivity index (χ0v) is 8.76. The highest BCUT2D eigenvalue weighted by molar-refractivity contribution is 6.30. The first-order chi connectivity index (χ1) is 6.79. The molecule has 1 aromatic carbocycles. The molecule has 3 heteroatoms. The molecule has 0 fully saturated rings. The molecule has 0 aliphatic carbocycles. The first kappa shape index (κ1) is 9.81. The van der Waals surface area contributed by atoms with Gasteiger partial charge in [-0.25, -0.2) is 0 Å². The van der Waals surface area contributed by atoms with Crippen LogP contribution in [0.1, 0.15) is 18.4 Å². The van der Waals surface area contributed by atoms with Gasteiger partial charge in [0.2, 0.25) is 0 Å². The number of benzene rings is 1. The van der Waals surface area contributed by atoms with Crippen molar-refractivity contribution in [3.05, 3.63) is 28.8 Å². The summed E-state index contributed by atoms with van der Waals surface area (Å²) in [6, 6.07) is 5.80. The van der Waals surface area contributed by atoms with Crippen molar-refractivity contribution in [1.29, 1.82) is 0 Å². The minimum atomic E-state index is 0.298. The second-order valence-electron chi connectivity index (χ2n) is 3.63. The predicted octanol–water partition coefficient (Wildman–Crippen LogP) is 2.38. The summed E-state index contributed by atoms with van der Waals surface area (Å²) in [6.45, 7) is 0.733. The number of ether oxygens (including phenoxy) is 1. The Balaban J connectivity index is 2.03. The number of fused-ring (bicyclic) bond motifs is 1. The van der Waals surface area contributed by atoms with Crippen molar-refractivity contribution in [1.82, 2.24) is 0 Å². The zero-order valence-electron chi connectivity index (χ0n) is 8.00. The van der Waals surface area contributed by atoms with E-state index in [0.29, 0.717) is 6.10 Å². The summed E-state index contributed by atoms with van der Waals surface area (Å²) in [5, 5.41) is 0.784. The van der Waals surface area contributed by atoms with Gasteiger partial charge in [0.05, 0.1) is 0 Å². The number of halogens is 1. The van der Waals surface area contributed by atoms with E-state index in [1.807, 2.05) is 18.2 Å². The molecule has 14 heavy (non-hydrogen) atoms. The number of nitrogens with two attached hydrogens (primary N) is 1. The molecule has 0 saturated carbocycles. The summed E-state index contributed by atoms with van der Waals surface area (Å²) in [5.74, 6) is 0.983. The minimum absolute atomic E-state index is 0.298. The van der Waals surface area contributed by atoms with Gasteiger partial charge < -0.3 is 10.5 Å². The molecule has 0 radical (unpaired) electrons. The lowest BCUT2D eigenvalue weighted by molar-refractivity contribution is 0.219. The van der Waals surface area contributed by atoms with E-state index in [9.17, 15) is 0 Å². The molecule has 0 aromatic heterocycles. The smallest absolute Gasteiger partial charge is 0.123 e. The van der Waals surface area contributed by atoms with Gasteiger partial charge >= 0.3 is 0 Å². The molecule has 0 amide bonds. The SMILES string of the molecule is NCCCC1Cc2cc(Cl)ccc2O1. The fourth-order valence-electron chi connectivity index (χ4n) is 1.80. The second kappa shape index (κ2) is 4.20. The molecule has 1 unspecified atom stereocenters. The molecule has 1 aromatic rings. The Hall–Kier alpha value is -0.730. The van der Waals surface area contributed by atoms with Crippen LogP contribution < -0.4 is 10.5 Å². The predicted molar refractivity (Wildman–Crippen MR) is 57.9 cm³/mol. The maximum atomic E-state index is 5.90. The fourth-order valence-corrected chi connectivity index (χ4v) is 1.99. The van der Waals surface area contributed by atoms with Crippen molar-refractivity contribution in [2.75, 3.05) is 6.54 Å². The summed E-state index contributed by atoms with van der Waals surface area (Å²) < 4.78 is 5.75. The average molecular weight is 212 g/mol. The van der Waals surface area contributed by atoms with Crippen molar-refractivity contribution in [2.24, 2.45) is 5.73 Å². The van der Waals surface area contributed by atoms with E-state index >= 15 is 0 Å². The highest BCUT2D eigenvalue weighted by Gasteiger charge is 2.21. The fraction of sp³-hybridized carbons (Fsp3) is 0.455. The largest absolute Gasteiger partial charge is 0.490 e. The van der Waals surface area contributed by atoms with Gasteiger partial charge in [0.15, 0.2) is 0 Å². The highest BCUT2D eigenvalue weighted by atomic mass is 35.5. The molecule has 1 heterocycles. The van der Waals surface area contributed by atoms with Crippen LogP contribution in [0.4, 0.5) is 0 Å². The second-order valence-corrected chi connectivity index (χ2v) is 4.06. The van der Waals surface area contributed by atoms with Crippen molar-refractivity contribution in [2.45, 2.75) is 25.4 Å². The number of rotatable bonds is 3. The molecular formula is C11H14ClNO. The van der Waals surface area contributed by atoms with Crippen molar-refractivity contribution in [3.63, 3.8) is 0 Å². The molecule has 0 bridgehead atoms. The van der Waals surface area contributed by atoms with E-state index in [1.165, 1.54) is 5.56 Å². The summed E-state index contributed by atoms with van der Waals surface area (Å²) in [7, 11) is 0. The Morgan fingerprint density at radius 2 is 2.36 bits per heavy atom. The van der Waals surface area contributed by atoms with E-state index in [1.54, 1.807) is 0 Å². The third-order valence-corrected chi connectivity index (χ3v) is 2.73. The van der Waals surface area contributed by atoms with Crippen LogP contribution in [0.3, 0.4) is 0 Å². The topological polar surface area (TPSA) is 35.2 Å². The molecule has 0 spiro atoms. The summed E-state index contributed by atoms with van der Waals surface area (Å²) in [4.78, 5) is 0. The Bertz CT molecular complexity index is 327. The van der Waals surface area contributed by atoms with Crippen LogP contribution in [0.5, 0.6) is 5.75 Å². The molecule has 2 N–H and O–H groups in total. The number of hydrogen-bond donors (Lipinski definition) is 1. The number of hydrogen-bond acceptors (Lipinski definition) is 2. The molecule has 2 rings (SSSR count). The minimum Gasteiger partial charge on any atom is -0.490 e. The van der Waals surface area contributed by atoms with Gasteiger partial charge in [-0.2, -0.15) is 0 Å². The van der Waals surface area contributed by atoms with Crippen molar-refractivity contribution in [3.8, 4) is 5.75 Å². The van der Waals surface area contributed by atoms with E-state index in [2.05, 4.69) is 0 Å². The van der Waals surface area contributed by atoms with E-state index in [-0.39, 0.29) is 0 Å². The molecule has 1 aliphatic heterocycles. The Kier molecular flexibility index (Phi) is 2.94. The van der Waals surface area contributed by atoms with Crippen molar-refractivity contribution < 1.29 is 4.74 Å². The van der Waals surface area contributed by atoms with E-state index in [4.69, 9.17) is 22.1 Å². The highest BCUT2D eigenvalue weighted by Crippen LogP contribution is 2.32. The quantitative estimate of drug-likeness (QED) is 0.833. The third-order valence-electron chi connectivity index (χ3n) is 2.49. The normalized spacial score (nSPS) is 19.1. The lowest BCUT2D eigenvalue weighted by Gasteiger charge is -2.08. The maximum absolute atomic E-state index is 5.90. The molecular weight excluding hydrogens is 198 g/mol. The van der Waals surface area contributed by atoms with Gasteiger partial charge in [0.1, 0.15) is 11.9 Å². The third kappa shape index (κ3) is 2.02. The molecule has 2 nitrogen and oxygen atoms in total. The summed E-state index contributed by atoms with van der Waals surface area (Å²) in [6.07, 6.45) is 3.32. The maximum Gasteiger partial charge on any atom is 0.123 e. The van der Waals surface area contributed by atoms with E-state index < -0.39 is 0 Å². The Labute approximate surface area is 89.0 Å². The lowest BCUT2D eigenvalue weighted by Crippen LogP contribution is -2.14. The molecule has 76 valence electrons. The summed E-state index contributed by atoms with van der Waals surface area (Å²) >= 11 is 5.90. The Morgan fingerprint density at radius 3 is 3.14 bits per heavy atom. The van der Waals surface area contributed by atoms with Crippen LogP contribution in [0, 0.1) is 0 Å². The zero-order chi connectivity index (χ0) is 9.97. The first-order valence-corrected chi connectivity index (χ1v) is 5.32. The monoisotopic (exact) mass is 211 g/mol. The molecule has 1 atom stereocenters. The average Bonchev–Trinajstić information content (AvgIpc) is 2.56. The van der Waals surface area contributed by atoms with Crippen LogP contribution in [0.2, 0.25) is 5.02 Å². The van der Waals surface area contributed by atoms with Gasteiger partial charge in [-0.05, 0) is 43.1 Å². The van der Waals surface area contributed by atoms with Crippen LogP contribution in [-0.2, 0) is 6.42 Å². The molecule has 1 aliphatic rings. The van der Waals surface area contributed by atoms with Crippen LogP contribution in [-0.4, -0.2) is 12.6 Å². The molecule has 0 saturated heterocycles. The van der Waals surface area contributed by atoms with Gasteiger partial charge in [-0.3, -0.25) is 0 Å². The standard InChI is InChI=1S/C11H14ClNO/c12-9-3-4-11-8(6-9)7-10(14-11)2-1-5-13/h3-4,6,10H,1-2,5,7,13H2. The van der Waals surface area contributed by atoms with E-state index in [0.717, 1.165) is 36.6 Å². The van der Waals surface area contributed by atoms with Crippen molar-refractivity contribution >= 4 is 11.6 Å². The van der Waals surface area contributed by atoms with Gasteiger partial charge in [0, 0.05) is 11.4 Å². The van der Waals surface area contributed by atoms with Crippen LogP contribution in [0.25, 0.3) is 0 Å². The van der Waals surface area contributed by atoms with Gasteiger partial charge in [0.25, 0.3) is 0 Å².